The number of hydrogen-bond donors (Lipinski definition) is 1. The van der Waals surface area contributed by atoms with Crippen molar-refractivity contribution in [2.24, 2.45) is 11.7 Å². The number of anilines is 1. The first kappa shape index (κ1) is 13.9. The van der Waals surface area contributed by atoms with E-state index in [2.05, 4.69) is 41.6 Å². The Balaban J connectivity index is 2.01. The van der Waals surface area contributed by atoms with Crippen LogP contribution in [0.5, 0.6) is 0 Å². The number of imidazole rings is 1. The van der Waals surface area contributed by atoms with Gasteiger partial charge in [-0.3, -0.25) is 4.40 Å². The summed E-state index contributed by atoms with van der Waals surface area (Å²) in [7, 11) is 0. The molecule has 1 aliphatic heterocycles. The zero-order valence-electron chi connectivity index (χ0n) is 12.5. The van der Waals surface area contributed by atoms with E-state index in [1.165, 1.54) is 12.1 Å². The second kappa shape index (κ2) is 5.37. The van der Waals surface area contributed by atoms with E-state index in [0.717, 1.165) is 36.1 Å². The average molecular weight is 292 g/mol. The average Bonchev–Trinajstić information content (AvgIpc) is 3.06. The quantitative estimate of drug-likeness (QED) is 0.942. The van der Waals surface area contributed by atoms with Gasteiger partial charge in [0.15, 0.2) is 10.8 Å². The van der Waals surface area contributed by atoms with Gasteiger partial charge in [0, 0.05) is 36.6 Å². The summed E-state index contributed by atoms with van der Waals surface area (Å²) in [6.07, 6.45) is 5.28. The first-order valence-electron chi connectivity index (χ1n) is 7.56. The second-order valence-corrected chi connectivity index (χ2v) is 7.03. The molecule has 0 spiro atoms. The maximum Gasteiger partial charge on any atom is 0.195 e. The Labute approximate surface area is 124 Å². The van der Waals surface area contributed by atoms with Crippen molar-refractivity contribution in [3.63, 3.8) is 0 Å². The molecule has 0 amide bonds. The van der Waals surface area contributed by atoms with E-state index >= 15 is 0 Å². The van der Waals surface area contributed by atoms with Gasteiger partial charge in [0.25, 0.3) is 0 Å². The summed E-state index contributed by atoms with van der Waals surface area (Å²) >= 11 is 1.70. The lowest BCUT2D eigenvalue weighted by molar-refractivity contribution is 0.623. The minimum absolute atomic E-state index is 0.212. The van der Waals surface area contributed by atoms with Crippen LogP contribution in [0.15, 0.2) is 11.6 Å². The largest absolute Gasteiger partial charge is 0.352 e. The first-order valence-corrected chi connectivity index (χ1v) is 8.44. The molecule has 0 aromatic carbocycles. The molecule has 0 aliphatic carbocycles. The summed E-state index contributed by atoms with van der Waals surface area (Å²) < 4.78 is 2.23. The normalized spacial score (nSPS) is 24.7. The smallest absolute Gasteiger partial charge is 0.195 e. The van der Waals surface area contributed by atoms with Crippen LogP contribution in [-0.2, 0) is 6.42 Å². The van der Waals surface area contributed by atoms with E-state index < -0.39 is 0 Å². The standard InChI is InChI=1S/C15H24N4S/c1-4-12(16)8-13-14(17-15-18(13)5-6-20-15)19-9-10(2)7-11(19)3/h5-6,10-12H,4,7-9,16H2,1-3H3. The predicted octanol–water partition coefficient (Wildman–Crippen LogP) is 2.91. The number of thiazole rings is 1. The van der Waals surface area contributed by atoms with Crippen molar-refractivity contribution in [1.29, 1.82) is 0 Å². The summed E-state index contributed by atoms with van der Waals surface area (Å²) in [5, 5.41) is 2.10. The molecule has 1 fully saturated rings. The van der Waals surface area contributed by atoms with E-state index in [1.807, 2.05) is 0 Å². The molecule has 0 radical (unpaired) electrons. The highest BCUT2D eigenvalue weighted by molar-refractivity contribution is 7.15. The summed E-state index contributed by atoms with van der Waals surface area (Å²) in [6.45, 7) is 7.89. The molecular formula is C15H24N4S. The molecule has 4 nitrogen and oxygen atoms in total. The topological polar surface area (TPSA) is 46.6 Å². The number of nitrogens with two attached hydrogens (primary N) is 1. The SMILES string of the molecule is CCC(N)Cc1c(N2CC(C)CC2C)nc2sccn12. The molecule has 2 aromatic heterocycles. The monoisotopic (exact) mass is 292 g/mol. The maximum absolute atomic E-state index is 6.20. The Morgan fingerprint density at radius 1 is 1.50 bits per heavy atom. The van der Waals surface area contributed by atoms with Gasteiger partial charge in [0.1, 0.15) is 0 Å². The predicted molar refractivity (Wildman–Crippen MR) is 85.6 cm³/mol. The molecule has 0 bridgehead atoms. The Kier molecular flexibility index (Phi) is 3.73. The molecule has 1 aliphatic rings. The Morgan fingerprint density at radius 2 is 2.30 bits per heavy atom. The number of aromatic nitrogens is 2. The Hall–Kier alpha value is -1.07. The minimum atomic E-state index is 0.212. The second-order valence-electron chi connectivity index (χ2n) is 6.15. The van der Waals surface area contributed by atoms with Crippen molar-refractivity contribution in [2.75, 3.05) is 11.4 Å². The number of nitrogens with zero attached hydrogens (tertiary/aromatic N) is 3. The van der Waals surface area contributed by atoms with Crippen LogP contribution in [0.2, 0.25) is 0 Å². The molecule has 2 aromatic rings. The van der Waals surface area contributed by atoms with Crippen LogP contribution in [0.3, 0.4) is 0 Å². The van der Waals surface area contributed by atoms with Gasteiger partial charge in [-0.05, 0) is 25.7 Å². The van der Waals surface area contributed by atoms with Gasteiger partial charge in [-0.1, -0.05) is 13.8 Å². The molecule has 0 saturated carbocycles. The van der Waals surface area contributed by atoms with Gasteiger partial charge < -0.3 is 10.6 Å². The molecule has 3 atom stereocenters. The highest BCUT2D eigenvalue weighted by Gasteiger charge is 2.30. The molecule has 3 rings (SSSR count). The highest BCUT2D eigenvalue weighted by atomic mass is 32.1. The van der Waals surface area contributed by atoms with Gasteiger partial charge >= 0.3 is 0 Å². The van der Waals surface area contributed by atoms with Gasteiger partial charge in [-0.2, -0.15) is 0 Å². The van der Waals surface area contributed by atoms with Crippen LogP contribution in [0.1, 0.15) is 39.3 Å². The fourth-order valence-electron chi connectivity index (χ4n) is 3.23. The summed E-state index contributed by atoms with van der Waals surface area (Å²) in [5.41, 5.74) is 7.49. The van der Waals surface area contributed by atoms with Crippen LogP contribution >= 0.6 is 11.3 Å². The zero-order chi connectivity index (χ0) is 14.3. The molecule has 110 valence electrons. The summed E-state index contributed by atoms with van der Waals surface area (Å²) in [4.78, 5) is 8.44. The van der Waals surface area contributed by atoms with Crippen molar-refractivity contribution >= 4 is 22.1 Å². The lowest BCUT2D eigenvalue weighted by Crippen LogP contribution is -2.30. The van der Waals surface area contributed by atoms with Crippen LogP contribution in [0.4, 0.5) is 5.82 Å². The van der Waals surface area contributed by atoms with Crippen LogP contribution < -0.4 is 10.6 Å². The van der Waals surface area contributed by atoms with Gasteiger partial charge in [0.2, 0.25) is 0 Å². The van der Waals surface area contributed by atoms with Crippen molar-refractivity contribution < 1.29 is 0 Å². The van der Waals surface area contributed by atoms with E-state index in [1.54, 1.807) is 11.3 Å². The van der Waals surface area contributed by atoms with E-state index in [-0.39, 0.29) is 6.04 Å². The highest BCUT2D eigenvalue weighted by Crippen LogP contribution is 2.33. The third kappa shape index (κ3) is 2.33. The summed E-state index contributed by atoms with van der Waals surface area (Å²) in [5.74, 6) is 1.91. The number of fused-ring (bicyclic) bond motifs is 1. The Bertz CT molecular complexity index is 588. The van der Waals surface area contributed by atoms with E-state index in [4.69, 9.17) is 10.7 Å². The van der Waals surface area contributed by atoms with Crippen molar-refractivity contribution in [3.05, 3.63) is 17.3 Å². The maximum atomic E-state index is 6.20. The molecule has 20 heavy (non-hydrogen) atoms. The van der Waals surface area contributed by atoms with E-state index in [0.29, 0.717) is 6.04 Å². The lowest BCUT2D eigenvalue weighted by Gasteiger charge is -2.23. The van der Waals surface area contributed by atoms with Gasteiger partial charge in [-0.25, -0.2) is 4.98 Å². The molecular weight excluding hydrogens is 268 g/mol. The minimum Gasteiger partial charge on any atom is -0.352 e. The fraction of sp³-hybridized carbons (Fsp3) is 0.667. The summed E-state index contributed by atoms with van der Waals surface area (Å²) in [6, 6.07) is 0.787. The zero-order valence-corrected chi connectivity index (χ0v) is 13.4. The van der Waals surface area contributed by atoms with E-state index in [9.17, 15) is 0 Å². The molecule has 2 N–H and O–H groups in total. The van der Waals surface area contributed by atoms with Gasteiger partial charge in [0.05, 0.1) is 5.69 Å². The third-order valence-corrected chi connectivity index (χ3v) is 5.13. The van der Waals surface area contributed by atoms with Crippen molar-refractivity contribution in [2.45, 2.75) is 52.1 Å². The van der Waals surface area contributed by atoms with Crippen LogP contribution in [0, 0.1) is 5.92 Å². The molecule has 1 saturated heterocycles. The third-order valence-electron chi connectivity index (χ3n) is 4.38. The van der Waals surface area contributed by atoms with Crippen LogP contribution in [0.25, 0.3) is 4.96 Å². The van der Waals surface area contributed by atoms with Crippen molar-refractivity contribution in [3.8, 4) is 0 Å². The number of hydrogen-bond acceptors (Lipinski definition) is 4. The fourth-order valence-corrected chi connectivity index (χ4v) is 3.96. The lowest BCUT2D eigenvalue weighted by atomic mass is 10.1. The van der Waals surface area contributed by atoms with Crippen molar-refractivity contribution in [1.82, 2.24) is 9.38 Å². The molecule has 3 heterocycles. The molecule has 3 unspecified atom stereocenters. The van der Waals surface area contributed by atoms with Gasteiger partial charge in [-0.15, -0.1) is 11.3 Å². The number of rotatable bonds is 4. The van der Waals surface area contributed by atoms with Crippen LogP contribution in [-0.4, -0.2) is 28.0 Å². The molecule has 5 heteroatoms. The first-order chi connectivity index (χ1) is 9.60. The Morgan fingerprint density at radius 3 is 2.95 bits per heavy atom.